The molecule has 2 N–H and O–H groups in total. The number of fused-ring (bicyclic) bond motifs is 8. The second-order valence-corrected chi connectivity index (χ2v) is 32.7. The molecule has 620 valence electrons. The number of likely N-dealkylation sites (N-methyl/N-ethyl adjacent to an activating group) is 2. The number of hydrogen-bond acceptors (Lipinski definition) is 22. The molecular formula is C92H90F4N22O4. The van der Waals surface area contributed by atoms with E-state index in [0.29, 0.717) is 71.6 Å². The average molecular weight is 1640 g/mol. The van der Waals surface area contributed by atoms with Crippen molar-refractivity contribution >= 4 is 46.9 Å². The molecule has 5 aromatic carbocycles. The first-order chi connectivity index (χ1) is 59.2. The van der Waals surface area contributed by atoms with E-state index in [1.54, 1.807) is 116 Å². The van der Waals surface area contributed by atoms with E-state index in [9.17, 15) is 36.7 Å². The molecular weight excluding hydrogens is 1550 g/mol. The minimum Gasteiger partial charge on any atom is -0.364 e. The number of hydrogen-bond donors (Lipinski definition) is 2. The number of carbonyl (C=O) groups excluding carboxylic acids is 4. The lowest BCUT2D eigenvalue weighted by Crippen LogP contribution is -2.51. The van der Waals surface area contributed by atoms with E-state index < -0.39 is 23.3 Å². The quantitative estimate of drug-likeness (QED) is 0.0850. The largest absolute Gasteiger partial charge is 0.364 e. The first kappa shape index (κ1) is 80.9. The summed E-state index contributed by atoms with van der Waals surface area (Å²) < 4.78 is 56.8. The molecule has 8 bridgehead atoms. The molecule has 4 saturated carbocycles. The zero-order chi connectivity index (χ0) is 84.4. The third kappa shape index (κ3) is 16.9. The molecule has 26 nitrogen and oxygen atoms in total. The van der Waals surface area contributed by atoms with Gasteiger partial charge in [-0.1, -0.05) is 60.7 Å². The predicted molar refractivity (Wildman–Crippen MR) is 451 cm³/mol. The number of nitrogens with zero attached hydrogens (tertiary/aromatic N) is 20. The number of amides is 4. The number of anilines is 4. The number of aromatic nitrogens is 14. The molecule has 8 fully saturated rings. The SMILES string of the molecule is Cc1cnc(N(C)C2CC3CC2N(C(=O)c2cc(F)ccc2-c2ncccn2)C3)cn1.Cc1cnc(N(C)C2CC3CC2N(C(=O)c2cccc(F)c2-c2ncccn2)C3)cn1.Cc1cnc(NC2CC3CC2N(C(=O)c2cccc(F)c2-c2ncc(F)cn2)C3)cn1.Cc1cnc(NC2CC3CC2N(C(=O)c2ccccc2-c2ccccc2)C3)cn1. The van der Waals surface area contributed by atoms with Crippen LogP contribution >= 0.6 is 0 Å². The van der Waals surface area contributed by atoms with Gasteiger partial charge in [-0.3, -0.25) is 39.1 Å². The van der Waals surface area contributed by atoms with Crippen LogP contribution in [0.5, 0.6) is 0 Å². The Kier molecular flexibility index (Phi) is 23.2. The molecule has 11 heterocycles. The third-order valence-corrected chi connectivity index (χ3v) is 24.8. The smallest absolute Gasteiger partial charge is 0.255 e. The maximum atomic E-state index is 14.8. The lowest BCUT2D eigenvalue weighted by atomic mass is 9.97. The second kappa shape index (κ2) is 35.0. The molecule has 4 aliphatic heterocycles. The monoisotopic (exact) mass is 1640 g/mol. The van der Waals surface area contributed by atoms with Crippen LogP contribution < -0.4 is 20.4 Å². The standard InChI is InChI=1S/C24H24N4O.2C23H23FN6O.C22H20F2N6O/c1-16-13-26-23(14-25-16)27-21-11-17-12-22(21)28(15-17)24(29)20-10-6-5-9-19(20)18-7-3-2-4-8-18;1-14-11-28-21(12-27-14)29(2)19-8-15-9-20(19)30(13-15)23(31)18-10-16(24)4-5-17(18)22-25-6-3-7-26-22;1-14-11-28-20(12-27-14)29(2)18-9-15-10-19(18)30(13-15)23(31)16-5-3-6-17(24)21(16)22-25-7-4-8-26-22;1-12-7-26-19(10-25-12)29-17-5-13-6-18(17)30(11-13)22(31)15-3-2-4-16(24)20(15)21-27-8-14(23)9-28-21/h2-10,13-14,17,21-22H,11-12,15H2,1H3,(H,26,27);3-7,10-12,15,19-20H,8-9,13H2,1-2H3;3-8,11-12,15,18-19H,9-10,13H2,1-2H3;2-4,7-10,13,17-18H,5-6,11H2,1H3,(H,26,29). The zero-order valence-electron chi connectivity index (χ0n) is 68.1. The van der Waals surface area contributed by atoms with Crippen LogP contribution in [0, 0.1) is 74.6 Å². The Morgan fingerprint density at radius 1 is 0.344 bits per heavy atom. The van der Waals surface area contributed by atoms with Gasteiger partial charge in [-0.05, 0) is 175 Å². The molecule has 0 radical (unpaired) electrons. The highest BCUT2D eigenvalue weighted by molar-refractivity contribution is 6.03. The summed E-state index contributed by atoms with van der Waals surface area (Å²) in [6.07, 6.45) is 30.0. The van der Waals surface area contributed by atoms with Crippen molar-refractivity contribution < 1.29 is 36.7 Å². The van der Waals surface area contributed by atoms with Crippen molar-refractivity contribution in [1.29, 1.82) is 0 Å². The molecule has 7 aromatic heterocycles. The highest BCUT2D eigenvalue weighted by atomic mass is 19.1. The summed E-state index contributed by atoms with van der Waals surface area (Å²) in [6.45, 7) is 10.4. The van der Waals surface area contributed by atoms with Crippen LogP contribution in [-0.2, 0) is 0 Å². The summed E-state index contributed by atoms with van der Waals surface area (Å²) in [5, 5.41) is 6.91. The number of carbonyl (C=O) groups is 4. The van der Waals surface area contributed by atoms with Crippen molar-refractivity contribution in [3.8, 4) is 45.3 Å². The van der Waals surface area contributed by atoms with Crippen LogP contribution in [0.4, 0.5) is 40.8 Å². The fourth-order valence-electron chi connectivity index (χ4n) is 19.1. The van der Waals surface area contributed by atoms with Gasteiger partial charge in [-0.15, -0.1) is 0 Å². The summed E-state index contributed by atoms with van der Waals surface area (Å²) in [5.41, 5.74) is 7.78. The van der Waals surface area contributed by atoms with Crippen LogP contribution in [-0.4, -0.2) is 202 Å². The Balaban J connectivity index is 0.000000116. The molecule has 20 rings (SSSR count). The summed E-state index contributed by atoms with van der Waals surface area (Å²) in [6, 6.07) is 35.3. The van der Waals surface area contributed by atoms with Gasteiger partial charge in [0.25, 0.3) is 23.6 Å². The van der Waals surface area contributed by atoms with Crippen molar-refractivity contribution in [1.82, 2.24) is 89.4 Å². The number of benzene rings is 5. The Hall–Kier alpha value is -13.5. The number of halogens is 4. The lowest BCUT2D eigenvalue weighted by molar-refractivity contribution is 0.0676. The summed E-state index contributed by atoms with van der Waals surface area (Å²) in [5.74, 6) is 2.70. The first-order valence-electron chi connectivity index (χ1n) is 41.1. The van der Waals surface area contributed by atoms with Crippen LogP contribution in [0.3, 0.4) is 0 Å². The number of piperidine rings is 4. The molecule has 8 aliphatic rings. The van der Waals surface area contributed by atoms with Crippen LogP contribution in [0.15, 0.2) is 208 Å². The van der Waals surface area contributed by atoms with Gasteiger partial charge in [-0.25, -0.2) is 67.4 Å². The Morgan fingerprint density at radius 2 is 0.746 bits per heavy atom. The van der Waals surface area contributed by atoms with E-state index in [1.165, 1.54) is 30.3 Å². The molecule has 0 spiro atoms. The van der Waals surface area contributed by atoms with Gasteiger partial charge in [0, 0.05) is 88.3 Å². The zero-order valence-corrected chi connectivity index (χ0v) is 68.1. The van der Waals surface area contributed by atoms with Crippen molar-refractivity contribution in [2.75, 3.05) is 60.7 Å². The normalized spacial score (nSPS) is 22.2. The van der Waals surface area contributed by atoms with Crippen molar-refractivity contribution in [2.45, 2.75) is 127 Å². The average Bonchev–Trinajstić information content (AvgIpc) is 1.61. The van der Waals surface area contributed by atoms with Crippen molar-refractivity contribution in [3.05, 3.63) is 276 Å². The molecule has 30 heteroatoms. The lowest BCUT2D eigenvalue weighted by Gasteiger charge is -2.38. The molecule has 4 amide bonds. The van der Waals surface area contributed by atoms with Crippen LogP contribution in [0.2, 0.25) is 0 Å². The van der Waals surface area contributed by atoms with Crippen molar-refractivity contribution in [2.24, 2.45) is 23.7 Å². The van der Waals surface area contributed by atoms with Gasteiger partial charge in [0.2, 0.25) is 0 Å². The molecule has 122 heavy (non-hydrogen) atoms. The number of aryl methyl sites for hydroxylation is 4. The van der Waals surface area contributed by atoms with Gasteiger partial charge in [0.1, 0.15) is 40.7 Å². The predicted octanol–water partition coefficient (Wildman–Crippen LogP) is 13.6. The fraction of sp³-hybridized carbons (Fsp3) is 0.326. The van der Waals surface area contributed by atoms with E-state index in [1.807, 2.05) is 94.1 Å². The Labute approximate surface area is 702 Å². The molecule has 12 atom stereocenters. The van der Waals surface area contributed by atoms with Gasteiger partial charge in [0.05, 0.1) is 149 Å². The van der Waals surface area contributed by atoms with E-state index >= 15 is 0 Å². The molecule has 12 aromatic rings. The van der Waals surface area contributed by atoms with E-state index in [4.69, 9.17) is 0 Å². The highest BCUT2D eigenvalue weighted by Crippen LogP contribution is 2.46. The van der Waals surface area contributed by atoms with E-state index in [0.717, 1.165) is 127 Å². The third-order valence-electron chi connectivity index (χ3n) is 24.8. The molecule has 12 unspecified atom stereocenters. The second-order valence-electron chi connectivity index (χ2n) is 32.7. The highest BCUT2D eigenvalue weighted by Gasteiger charge is 2.53. The van der Waals surface area contributed by atoms with E-state index in [2.05, 4.69) is 107 Å². The first-order valence-corrected chi connectivity index (χ1v) is 41.1. The number of likely N-dealkylation sites (tertiary alicyclic amines) is 4. The summed E-state index contributed by atoms with van der Waals surface area (Å²) in [7, 11) is 4.00. The van der Waals surface area contributed by atoms with Crippen molar-refractivity contribution in [3.63, 3.8) is 0 Å². The Bertz CT molecular complexity index is 5680. The molecule has 4 aliphatic carbocycles. The van der Waals surface area contributed by atoms with E-state index in [-0.39, 0.29) is 100 Å². The molecule has 4 saturated heterocycles. The summed E-state index contributed by atoms with van der Waals surface area (Å²) >= 11 is 0. The maximum absolute atomic E-state index is 14.8. The summed E-state index contributed by atoms with van der Waals surface area (Å²) in [4.78, 5) is 126. The Morgan fingerprint density at radius 3 is 1.20 bits per heavy atom. The fourth-order valence-corrected chi connectivity index (χ4v) is 19.1. The van der Waals surface area contributed by atoms with Gasteiger partial charge in [0.15, 0.2) is 23.3 Å². The van der Waals surface area contributed by atoms with Crippen LogP contribution in [0.25, 0.3) is 45.3 Å². The van der Waals surface area contributed by atoms with Crippen LogP contribution in [0.1, 0.15) is 116 Å². The number of rotatable bonds is 16. The van der Waals surface area contributed by atoms with Gasteiger partial charge >= 0.3 is 0 Å². The van der Waals surface area contributed by atoms with Gasteiger partial charge < -0.3 is 40.0 Å². The topological polar surface area (TPSA) is 292 Å². The maximum Gasteiger partial charge on any atom is 0.255 e. The van der Waals surface area contributed by atoms with Gasteiger partial charge in [-0.2, -0.15) is 0 Å². The minimum absolute atomic E-state index is 0.0100. The minimum atomic E-state index is -0.627. The number of nitrogens with one attached hydrogen (secondary N) is 2.